The van der Waals surface area contributed by atoms with Crippen molar-refractivity contribution in [1.29, 1.82) is 0 Å². The van der Waals surface area contributed by atoms with E-state index in [1.807, 2.05) is 0 Å². The molecule has 0 radical (unpaired) electrons. The molecular weight excluding hydrogens is 222 g/mol. The maximum Gasteiger partial charge on any atom is 0.189 e. The summed E-state index contributed by atoms with van der Waals surface area (Å²) in [7, 11) is 0. The first kappa shape index (κ1) is 12.1. The Kier molecular flexibility index (Phi) is 3.08. The second-order valence-electron chi connectivity index (χ2n) is 6.24. The van der Waals surface area contributed by atoms with Gasteiger partial charge in [0, 0.05) is 12.0 Å². The molecule has 1 saturated carbocycles. The van der Waals surface area contributed by atoms with Gasteiger partial charge in [-0.1, -0.05) is 18.9 Å². The zero-order valence-corrected chi connectivity index (χ0v) is 11.6. The van der Waals surface area contributed by atoms with E-state index in [1.54, 1.807) is 11.1 Å². The fourth-order valence-corrected chi connectivity index (χ4v) is 4.27. The number of aliphatic imine (C=N–C) groups is 1. The van der Waals surface area contributed by atoms with Crippen molar-refractivity contribution in [3.63, 3.8) is 0 Å². The van der Waals surface area contributed by atoms with Crippen LogP contribution in [-0.2, 0) is 0 Å². The van der Waals surface area contributed by atoms with Crippen LogP contribution in [0.3, 0.4) is 0 Å². The second-order valence-corrected chi connectivity index (χ2v) is 6.24. The van der Waals surface area contributed by atoms with Crippen molar-refractivity contribution in [1.82, 2.24) is 5.32 Å². The van der Waals surface area contributed by atoms with Crippen LogP contribution in [0.15, 0.2) is 16.1 Å². The first-order valence-electron chi connectivity index (χ1n) is 7.49. The molecule has 3 rings (SSSR count). The van der Waals surface area contributed by atoms with Gasteiger partial charge in [0.05, 0.1) is 6.04 Å². The van der Waals surface area contributed by atoms with E-state index in [0.29, 0.717) is 24.0 Å². The molecule has 4 atom stereocenters. The van der Waals surface area contributed by atoms with Gasteiger partial charge in [-0.3, -0.25) is 0 Å². The summed E-state index contributed by atoms with van der Waals surface area (Å²) in [4.78, 5) is 4.76. The number of hydrogen-bond acceptors (Lipinski definition) is 3. The number of nitrogens with two attached hydrogens (primary N) is 1. The summed E-state index contributed by atoms with van der Waals surface area (Å²) in [6.07, 6.45) is 7.69. The lowest BCUT2D eigenvalue weighted by atomic mass is 9.72. The van der Waals surface area contributed by atoms with Crippen molar-refractivity contribution in [3.05, 3.63) is 11.1 Å². The zero-order chi connectivity index (χ0) is 12.7. The normalized spacial score (nSPS) is 38.2. The van der Waals surface area contributed by atoms with Crippen molar-refractivity contribution in [2.24, 2.45) is 22.6 Å². The molecule has 0 saturated heterocycles. The van der Waals surface area contributed by atoms with E-state index >= 15 is 0 Å². The van der Waals surface area contributed by atoms with E-state index in [2.05, 4.69) is 19.2 Å². The topological polar surface area (TPSA) is 50.4 Å². The summed E-state index contributed by atoms with van der Waals surface area (Å²) in [5.74, 6) is 2.23. The van der Waals surface area contributed by atoms with Crippen molar-refractivity contribution >= 4 is 5.96 Å². The van der Waals surface area contributed by atoms with E-state index in [9.17, 15) is 0 Å². The third kappa shape index (κ3) is 1.84. The highest BCUT2D eigenvalue weighted by Gasteiger charge is 2.47. The average Bonchev–Trinajstić information content (AvgIpc) is 2.72. The summed E-state index contributed by atoms with van der Waals surface area (Å²) < 4.78 is 0. The maximum absolute atomic E-state index is 5.98. The van der Waals surface area contributed by atoms with Crippen LogP contribution in [-0.4, -0.2) is 18.0 Å². The Morgan fingerprint density at radius 3 is 3.00 bits per heavy atom. The molecule has 3 aliphatic rings. The predicted octanol–water partition coefficient (Wildman–Crippen LogP) is 2.58. The molecule has 18 heavy (non-hydrogen) atoms. The monoisotopic (exact) mass is 247 g/mol. The molecule has 3 nitrogen and oxygen atoms in total. The van der Waals surface area contributed by atoms with Crippen molar-refractivity contribution < 1.29 is 0 Å². The SMILES string of the molecule is CCCCC1=C(C)C[C@H]2CC[C@@H]3NC(N)=N[C@H]1[C@@H]23. The molecule has 1 fully saturated rings. The Hall–Kier alpha value is -0.990. The number of nitrogens with zero attached hydrogens (tertiary/aromatic N) is 1. The molecule has 0 aromatic carbocycles. The molecule has 3 N–H and O–H groups in total. The molecule has 1 heterocycles. The van der Waals surface area contributed by atoms with Crippen molar-refractivity contribution in [2.75, 3.05) is 0 Å². The van der Waals surface area contributed by atoms with Crippen LogP contribution in [0.5, 0.6) is 0 Å². The largest absolute Gasteiger partial charge is 0.370 e. The average molecular weight is 247 g/mol. The lowest BCUT2D eigenvalue weighted by Crippen LogP contribution is -2.52. The molecule has 0 spiro atoms. The minimum Gasteiger partial charge on any atom is -0.370 e. The van der Waals surface area contributed by atoms with E-state index in [0.717, 1.165) is 5.92 Å². The van der Waals surface area contributed by atoms with Gasteiger partial charge in [0.1, 0.15) is 0 Å². The lowest BCUT2D eigenvalue weighted by Gasteiger charge is -2.41. The molecular formula is C15H25N3. The van der Waals surface area contributed by atoms with Gasteiger partial charge < -0.3 is 11.1 Å². The van der Waals surface area contributed by atoms with Gasteiger partial charge in [-0.15, -0.1) is 0 Å². The Morgan fingerprint density at radius 2 is 2.22 bits per heavy atom. The van der Waals surface area contributed by atoms with E-state index in [4.69, 9.17) is 10.7 Å². The lowest BCUT2D eigenvalue weighted by molar-refractivity contribution is 0.273. The van der Waals surface area contributed by atoms with Crippen LogP contribution in [0.25, 0.3) is 0 Å². The quantitative estimate of drug-likeness (QED) is 0.753. The number of hydrogen-bond donors (Lipinski definition) is 2. The van der Waals surface area contributed by atoms with Crippen molar-refractivity contribution in [3.8, 4) is 0 Å². The number of guanidine groups is 1. The zero-order valence-electron chi connectivity index (χ0n) is 11.6. The molecule has 0 amide bonds. The fraction of sp³-hybridized carbons (Fsp3) is 0.800. The third-order valence-corrected chi connectivity index (χ3v) is 5.11. The Bertz CT molecular complexity index is 397. The summed E-state index contributed by atoms with van der Waals surface area (Å²) in [5.41, 5.74) is 9.19. The molecule has 2 aliphatic carbocycles. The van der Waals surface area contributed by atoms with Crippen molar-refractivity contribution in [2.45, 2.75) is 64.5 Å². The minimum atomic E-state index is 0.393. The summed E-state index contributed by atoms with van der Waals surface area (Å²) in [6.45, 7) is 4.59. The Labute approximate surface area is 110 Å². The number of allylic oxidation sites excluding steroid dienone is 1. The van der Waals surface area contributed by atoms with Crippen LogP contribution in [0, 0.1) is 11.8 Å². The number of rotatable bonds is 3. The first-order valence-corrected chi connectivity index (χ1v) is 7.49. The highest BCUT2D eigenvalue weighted by atomic mass is 15.2. The minimum absolute atomic E-state index is 0.393. The molecule has 1 aliphatic heterocycles. The van der Waals surface area contributed by atoms with Crippen LogP contribution >= 0.6 is 0 Å². The smallest absolute Gasteiger partial charge is 0.189 e. The molecule has 3 heteroatoms. The van der Waals surface area contributed by atoms with Gasteiger partial charge in [-0.05, 0) is 50.5 Å². The van der Waals surface area contributed by atoms with Gasteiger partial charge in [-0.2, -0.15) is 0 Å². The van der Waals surface area contributed by atoms with E-state index in [1.165, 1.54) is 38.5 Å². The highest BCUT2D eigenvalue weighted by Crippen LogP contribution is 2.48. The van der Waals surface area contributed by atoms with Gasteiger partial charge in [0.15, 0.2) is 5.96 Å². The van der Waals surface area contributed by atoms with E-state index < -0.39 is 0 Å². The van der Waals surface area contributed by atoms with Crippen LogP contribution in [0.4, 0.5) is 0 Å². The first-order chi connectivity index (χ1) is 8.70. The van der Waals surface area contributed by atoms with Crippen LogP contribution < -0.4 is 11.1 Å². The number of unbranched alkanes of at least 4 members (excludes halogenated alkanes) is 1. The van der Waals surface area contributed by atoms with Crippen LogP contribution in [0.1, 0.15) is 52.4 Å². The maximum atomic E-state index is 5.98. The third-order valence-electron chi connectivity index (χ3n) is 5.11. The molecule has 100 valence electrons. The Balaban J connectivity index is 1.93. The second kappa shape index (κ2) is 4.60. The van der Waals surface area contributed by atoms with Gasteiger partial charge >= 0.3 is 0 Å². The summed E-state index contributed by atoms with van der Waals surface area (Å²) >= 11 is 0. The van der Waals surface area contributed by atoms with Gasteiger partial charge in [0.2, 0.25) is 0 Å². The summed E-state index contributed by atoms with van der Waals surface area (Å²) in [5, 5.41) is 3.40. The molecule has 0 bridgehead atoms. The number of nitrogens with one attached hydrogen (secondary N) is 1. The molecule has 0 aromatic rings. The summed E-state index contributed by atoms with van der Waals surface area (Å²) in [6, 6.07) is 0.978. The van der Waals surface area contributed by atoms with Gasteiger partial charge in [-0.25, -0.2) is 4.99 Å². The Morgan fingerprint density at radius 1 is 1.39 bits per heavy atom. The highest BCUT2D eigenvalue weighted by molar-refractivity contribution is 5.79. The molecule has 0 aromatic heterocycles. The van der Waals surface area contributed by atoms with Crippen LogP contribution in [0.2, 0.25) is 0 Å². The fourth-order valence-electron chi connectivity index (χ4n) is 4.27. The predicted molar refractivity (Wildman–Crippen MR) is 75.4 cm³/mol. The standard InChI is InChI=1S/C15H25N3/c1-3-4-5-11-9(2)8-10-6-7-12-13(10)14(11)18-15(16)17-12/h10,12-14H,3-8H2,1-2H3,(H3,16,17,18)/t10-,12+,13+,14-/m1/s1. The van der Waals surface area contributed by atoms with Gasteiger partial charge in [0.25, 0.3) is 0 Å². The molecule has 0 unspecified atom stereocenters. The van der Waals surface area contributed by atoms with E-state index in [-0.39, 0.29) is 0 Å².